The van der Waals surface area contributed by atoms with Crippen molar-refractivity contribution in [3.05, 3.63) is 70.4 Å². The van der Waals surface area contributed by atoms with Crippen molar-refractivity contribution >= 4 is 34.4 Å². The normalized spacial score (nSPS) is 22.6. The Kier molecular flexibility index (Phi) is 5.26. The van der Waals surface area contributed by atoms with E-state index >= 15 is 0 Å². The number of nitrogens with one attached hydrogen (secondary N) is 1. The molecule has 2 atom stereocenters. The van der Waals surface area contributed by atoms with E-state index in [4.69, 9.17) is 11.6 Å². The lowest BCUT2D eigenvalue weighted by molar-refractivity contribution is -0.133. The van der Waals surface area contributed by atoms with Gasteiger partial charge in [-0.3, -0.25) is 14.6 Å². The minimum atomic E-state index is -0.960. The van der Waals surface area contributed by atoms with Crippen LogP contribution in [0.1, 0.15) is 43.6 Å². The maximum absolute atomic E-state index is 13.8. The molecular formula is C26H29ClN4O2. The number of benzene rings is 2. The highest BCUT2D eigenvalue weighted by Crippen LogP contribution is 2.48. The second-order valence-electron chi connectivity index (χ2n) is 9.65. The molecule has 2 unspecified atom stereocenters. The largest absolute Gasteiger partial charge is 0.356 e. The molecule has 3 amide bonds. The SMILES string of the molecule is CC(C)N(C)CCN1C(=O)N2C(c3ccccc3)c3[nH]c4ccc(Cl)cc4c3CC2(C)C1=O. The Morgan fingerprint density at radius 2 is 1.91 bits per heavy atom. The number of rotatable bonds is 5. The third-order valence-corrected chi connectivity index (χ3v) is 7.54. The predicted octanol–water partition coefficient (Wildman–Crippen LogP) is 4.83. The fraction of sp³-hybridized carbons (Fsp3) is 0.385. The van der Waals surface area contributed by atoms with Gasteiger partial charge in [0.1, 0.15) is 11.6 Å². The van der Waals surface area contributed by atoms with E-state index in [1.807, 2.05) is 62.5 Å². The topological polar surface area (TPSA) is 59.6 Å². The highest BCUT2D eigenvalue weighted by molar-refractivity contribution is 6.31. The van der Waals surface area contributed by atoms with Crippen molar-refractivity contribution in [3.8, 4) is 0 Å². The smallest absolute Gasteiger partial charge is 0.328 e. The van der Waals surface area contributed by atoms with E-state index < -0.39 is 5.54 Å². The number of carbonyl (C=O) groups is 2. The van der Waals surface area contributed by atoms with E-state index in [2.05, 4.69) is 23.7 Å². The van der Waals surface area contributed by atoms with Gasteiger partial charge in [-0.25, -0.2) is 4.79 Å². The van der Waals surface area contributed by atoms with Crippen molar-refractivity contribution in [3.63, 3.8) is 0 Å². The number of urea groups is 1. The molecular weight excluding hydrogens is 436 g/mol. The maximum atomic E-state index is 13.8. The molecule has 2 aliphatic heterocycles. The predicted molar refractivity (Wildman–Crippen MR) is 130 cm³/mol. The number of likely N-dealkylation sites (N-methyl/N-ethyl adjacent to an activating group) is 1. The number of carbonyl (C=O) groups excluding carboxylic acids is 2. The molecule has 6 nitrogen and oxygen atoms in total. The Morgan fingerprint density at radius 3 is 2.61 bits per heavy atom. The minimum absolute atomic E-state index is 0.132. The van der Waals surface area contributed by atoms with Crippen molar-refractivity contribution in [2.75, 3.05) is 20.1 Å². The van der Waals surface area contributed by atoms with Crippen LogP contribution in [0.25, 0.3) is 10.9 Å². The zero-order chi connectivity index (χ0) is 23.5. The molecule has 3 aromatic rings. The van der Waals surface area contributed by atoms with Gasteiger partial charge in [0.25, 0.3) is 5.91 Å². The summed E-state index contributed by atoms with van der Waals surface area (Å²) in [4.78, 5) is 36.5. The van der Waals surface area contributed by atoms with Crippen LogP contribution in [0.5, 0.6) is 0 Å². The van der Waals surface area contributed by atoms with Crippen LogP contribution < -0.4 is 0 Å². The minimum Gasteiger partial charge on any atom is -0.356 e. The molecule has 7 heteroatoms. The lowest BCUT2D eigenvalue weighted by Crippen LogP contribution is -2.53. The van der Waals surface area contributed by atoms with Gasteiger partial charge < -0.3 is 9.88 Å². The average Bonchev–Trinajstić information content (AvgIpc) is 3.23. The lowest BCUT2D eigenvalue weighted by Gasteiger charge is -2.42. The van der Waals surface area contributed by atoms with Gasteiger partial charge in [0, 0.05) is 47.2 Å². The summed E-state index contributed by atoms with van der Waals surface area (Å²) in [6.07, 6.45) is 0.451. The number of imide groups is 1. The van der Waals surface area contributed by atoms with E-state index in [1.54, 1.807) is 4.90 Å². The summed E-state index contributed by atoms with van der Waals surface area (Å²) in [5.41, 5.74) is 2.99. The second-order valence-corrected chi connectivity index (χ2v) is 10.1. The molecule has 33 heavy (non-hydrogen) atoms. The summed E-state index contributed by atoms with van der Waals surface area (Å²) < 4.78 is 0. The van der Waals surface area contributed by atoms with Crippen LogP contribution in [-0.4, -0.2) is 63.3 Å². The first kappa shape index (κ1) is 22.0. The monoisotopic (exact) mass is 464 g/mol. The molecule has 0 radical (unpaired) electrons. The molecule has 0 aliphatic carbocycles. The first-order valence-electron chi connectivity index (χ1n) is 11.4. The van der Waals surface area contributed by atoms with Crippen LogP contribution in [-0.2, 0) is 11.2 Å². The summed E-state index contributed by atoms with van der Waals surface area (Å²) in [5.74, 6) is -0.132. The molecule has 2 aliphatic rings. The van der Waals surface area contributed by atoms with Crippen LogP contribution >= 0.6 is 11.6 Å². The molecule has 0 saturated carbocycles. The van der Waals surface area contributed by atoms with Crippen molar-refractivity contribution in [1.82, 2.24) is 19.7 Å². The van der Waals surface area contributed by atoms with Gasteiger partial charge in [0.15, 0.2) is 0 Å². The highest BCUT2D eigenvalue weighted by atomic mass is 35.5. The second kappa shape index (κ2) is 7.89. The quantitative estimate of drug-likeness (QED) is 0.550. The van der Waals surface area contributed by atoms with Crippen LogP contribution in [0.3, 0.4) is 0 Å². The molecule has 2 aromatic carbocycles. The van der Waals surface area contributed by atoms with Gasteiger partial charge >= 0.3 is 6.03 Å². The van der Waals surface area contributed by atoms with E-state index in [1.165, 1.54) is 4.90 Å². The third kappa shape index (κ3) is 3.35. The molecule has 5 rings (SSSR count). The molecule has 1 aromatic heterocycles. The van der Waals surface area contributed by atoms with E-state index in [0.717, 1.165) is 27.7 Å². The fourth-order valence-corrected chi connectivity index (χ4v) is 5.35. The molecule has 3 heterocycles. The standard InChI is InChI=1S/C26H29ClN4O2/c1-16(2)29(4)12-13-30-24(32)26(3)15-20-19-14-18(27)10-11-21(19)28-22(20)23(31(26)25(30)33)17-8-6-5-7-9-17/h5-11,14,16,23,28H,12-13,15H2,1-4H3. The van der Waals surface area contributed by atoms with Crippen LogP contribution in [0, 0.1) is 0 Å². The number of hydrogen-bond donors (Lipinski definition) is 1. The molecule has 1 saturated heterocycles. The van der Waals surface area contributed by atoms with Crippen molar-refractivity contribution in [2.45, 2.75) is 44.8 Å². The van der Waals surface area contributed by atoms with E-state index in [-0.39, 0.29) is 18.0 Å². The maximum Gasteiger partial charge on any atom is 0.328 e. The Bertz CT molecular complexity index is 1240. The highest BCUT2D eigenvalue weighted by Gasteiger charge is 2.60. The third-order valence-electron chi connectivity index (χ3n) is 7.30. The lowest BCUT2D eigenvalue weighted by atomic mass is 9.81. The van der Waals surface area contributed by atoms with Crippen molar-refractivity contribution < 1.29 is 9.59 Å². The Hall–Kier alpha value is -2.83. The number of aromatic nitrogens is 1. The number of H-pyrrole nitrogens is 1. The average molecular weight is 465 g/mol. The number of amides is 3. The number of fused-ring (bicyclic) bond motifs is 4. The molecule has 0 spiro atoms. The number of nitrogens with zero attached hydrogens (tertiary/aromatic N) is 3. The Balaban J connectivity index is 1.64. The summed E-state index contributed by atoms with van der Waals surface area (Å²) >= 11 is 6.33. The van der Waals surface area contributed by atoms with Crippen LogP contribution in [0.2, 0.25) is 5.02 Å². The fourth-order valence-electron chi connectivity index (χ4n) is 5.18. The first-order valence-corrected chi connectivity index (χ1v) is 11.8. The summed E-state index contributed by atoms with van der Waals surface area (Å²) in [6.45, 7) is 7.12. The molecule has 1 fully saturated rings. The van der Waals surface area contributed by atoms with Crippen LogP contribution in [0.4, 0.5) is 4.79 Å². The molecule has 172 valence electrons. The molecule has 1 N–H and O–H groups in total. The van der Waals surface area contributed by atoms with Gasteiger partial charge in [-0.05, 0) is 57.1 Å². The summed E-state index contributed by atoms with van der Waals surface area (Å²) in [5, 5.41) is 1.66. The first-order chi connectivity index (χ1) is 15.7. The molecule has 0 bridgehead atoms. The number of halogens is 1. The zero-order valence-corrected chi connectivity index (χ0v) is 20.2. The van der Waals surface area contributed by atoms with Gasteiger partial charge in [0.2, 0.25) is 0 Å². The van der Waals surface area contributed by atoms with E-state index in [0.29, 0.717) is 30.6 Å². The van der Waals surface area contributed by atoms with Crippen molar-refractivity contribution in [1.29, 1.82) is 0 Å². The number of aromatic amines is 1. The van der Waals surface area contributed by atoms with Crippen LogP contribution in [0.15, 0.2) is 48.5 Å². The summed E-state index contributed by atoms with van der Waals surface area (Å²) in [7, 11) is 2.01. The Morgan fingerprint density at radius 1 is 1.18 bits per heavy atom. The van der Waals surface area contributed by atoms with Gasteiger partial charge in [-0.15, -0.1) is 0 Å². The zero-order valence-electron chi connectivity index (χ0n) is 19.4. The van der Waals surface area contributed by atoms with Gasteiger partial charge in [-0.1, -0.05) is 41.9 Å². The Labute approximate surface area is 199 Å². The van der Waals surface area contributed by atoms with Gasteiger partial charge in [0.05, 0.1) is 0 Å². The van der Waals surface area contributed by atoms with E-state index in [9.17, 15) is 9.59 Å². The van der Waals surface area contributed by atoms with Crippen molar-refractivity contribution in [2.24, 2.45) is 0 Å². The number of hydrogen-bond acceptors (Lipinski definition) is 3. The summed E-state index contributed by atoms with van der Waals surface area (Å²) in [6, 6.07) is 15.4. The van der Waals surface area contributed by atoms with Gasteiger partial charge in [-0.2, -0.15) is 0 Å².